The second-order valence-corrected chi connectivity index (χ2v) is 13.0. The lowest BCUT2D eigenvalue weighted by Gasteiger charge is -2.43. The van der Waals surface area contributed by atoms with Gasteiger partial charge in [-0.05, 0) is 23.0 Å². The standard InChI is InChI=1S/C18H34O4Si/c1-8-9-10-11-22-18(21)16(12-17(19)20)23(13(2)3,14(4)5)15(6)7/h12-15H,8-11H2,1-7H3,(H,19,20)/b16-12-. The summed E-state index contributed by atoms with van der Waals surface area (Å²) >= 11 is 0. The zero-order valence-electron chi connectivity index (χ0n) is 15.8. The molecule has 0 spiro atoms. The largest absolute Gasteiger partial charge is 0.478 e. The van der Waals surface area contributed by atoms with Crippen molar-refractivity contribution in [2.24, 2.45) is 0 Å². The average molecular weight is 343 g/mol. The fourth-order valence-electron chi connectivity index (χ4n) is 4.01. The number of hydrogen-bond donors (Lipinski definition) is 1. The van der Waals surface area contributed by atoms with Crippen LogP contribution in [0.3, 0.4) is 0 Å². The predicted octanol–water partition coefficient (Wildman–Crippen LogP) is 4.95. The number of ether oxygens (including phenoxy) is 1. The van der Waals surface area contributed by atoms with Crippen molar-refractivity contribution in [1.29, 1.82) is 0 Å². The first kappa shape index (κ1) is 21.9. The summed E-state index contributed by atoms with van der Waals surface area (Å²) in [6.45, 7) is 15.1. The molecule has 0 aromatic heterocycles. The van der Waals surface area contributed by atoms with Gasteiger partial charge in [-0.15, -0.1) is 0 Å². The van der Waals surface area contributed by atoms with Gasteiger partial charge in [0.15, 0.2) is 0 Å². The van der Waals surface area contributed by atoms with Crippen molar-refractivity contribution in [1.82, 2.24) is 0 Å². The molecule has 4 nitrogen and oxygen atoms in total. The molecule has 134 valence electrons. The Morgan fingerprint density at radius 2 is 1.48 bits per heavy atom. The number of rotatable bonds is 10. The van der Waals surface area contributed by atoms with Crippen LogP contribution < -0.4 is 0 Å². The van der Waals surface area contributed by atoms with Crippen LogP contribution in [0.25, 0.3) is 0 Å². The third-order valence-electron chi connectivity index (χ3n) is 4.80. The van der Waals surface area contributed by atoms with Crippen molar-refractivity contribution < 1.29 is 19.4 Å². The highest BCUT2D eigenvalue weighted by Gasteiger charge is 2.49. The molecule has 0 fully saturated rings. The number of carboxylic acids is 1. The minimum absolute atomic E-state index is 0.260. The lowest BCUT2D eigenvalue weighted by atomic mass is 10.3. The van der Waals surface area contributed by atoms with Crippen LogP contribution in [0.5, 0.6) is 0 Å². The normalized spacial score (nSPS) is 13.0. The van der Waals surface area contributed by atoms with Gasteiger partial charge in [0.25, 0.3) is 0 Å². The van der Waals surface area contributed by atoms with E-state index in [1.807, 2.05) is 0 Å². The second kappa shape index (κ2) is 9.91. The third kappa shape index (κ3) is 5.48. The smallest absolute Gasteiger partial charge is 0.330 e. The van der Waals surface area contributed by atoms with E-state index in [-0.39, 0.29) is 16.6 Å². The van der Waals surface area contributed by atoms with Gasteiger partial charge in [0.2, 0.25) is 0 Å². The summed E-state index contributed by atoms with van der Waals surface area (Å²) in [4.78, 5) is 24.0. The molecule has 0 saturated heterocycles. The van der Waals surface area contributed by atoms with E-state index in [9.17, 15) is 14.7 Å². The van der Waals surface area contributed by atoms with Crippen LogP contribution in [-0.2, 0) is 14.3 Å². The van der Waals surface area contributed by atoms with Crippen LogP contribution in [0.2, 0.25) is 16.6 Å². The van der Waals surface area contributed by atoms with E-state index in [1.54, 1.807) is 0 Å². The predicted molar refractivity (Wildman–Crippen MR) is 97.3 cm³/mol. The minimum Gasteiger partial charge on any atom is -0.478 e. The Morgan fingerprint density at radius 3 is 1.83 bits per heavy atom. The van der Waals surface area contributed by atoms with Crippen molar-refractivity contribution in [2.75, 3.05) is 6.61 Å². The summed E-state index contributed by atoms with van der Waals surface area (Å²) in [5, 5.41) is 9.72. The van der Waals surface area contributed by atoms with Gasteiger partial charge in [-0.2, -0.15) is 0 Å². The van der Waals surface area contributed by atoms with Gasteiger partial charge in [0.1, 0.15) is 8.07 Å². The molecule has 23 heavy (non-hydrogen) atoms. The Hall–Kier alpha value is -1.10. The molecule has 0 heterocycles. The Bertz CT molecular complexity index is 403. The molecule has 0 amide bonds. The summed E-state index contributed by atoms with van der Waals surface area (Å²) in [6, 6.07) is 0. The number of carbonyl (C=O) groups is 2. The van der Waals surface area contributed by atoms with Gasteiger partial charge in [-0.25, -0.2) is 9.59 Å². The fourth-order valence-corrected chi connectivity index (χ4v) is 10.7. The molecule has 0 radical (unpaired) electrons. The highest BCUT2D eigenvalue weighted by atomic mass is 28.3. The van der Waals surface area contributed by atoms with E-state index in [0.29, 0.717) is 11.8 Å². The Morgan fingerprint density at radius 1 is 1.00 bits per heavy atom. The van der Waals surface area contributed by atoms with Gasteiger partial charge in [-0.1, -0.05) is 61.3 Å². The molecule has 0 aromatic carbocycles. The number of unbranched alkanes of at least 4 members (excludes halogenated alkanes) is 2. The maximum atomic E-state index is 12.7. The number of hydrogen-bond acceptors (Lipinski definition) is 3. The number of carboxylic acid groups (broad SMARTS) is 1. The third-order valence-corrected chi connectivity index (χ3v) is 11.8. The zero-order chi connectivity index (χ0) is 18.2. The minimum atomic E-state index is -2.35. The highest BCUT2D eigenvalue weighted by Crippen LogP contribution is 2.46. The lowest BCUT2D eigenvalue weighted by molar-refractivity contribution is -0.139. The van der Waals surface area contributed by atoms with Crippen LogP contribution in [0.15, 0.2) is 11.3 Å². The van der Waals surface area contributed by atoms with Crippen molar-refractivity contribution in [2.45, 2.75) is 84.4 Å². The summed E-state index contributed by atoms with van der Waals surface area (Å²) < 4.78 is 5.43. The molecular weight excluding hydrogens is 308 g/mol. The van der Waals surface area contributed by atoms with Crippen LogP contribution in [0.1, 0.15) is 67.7 Å². The Labute approximate surface area is 142 Å². The Balaban J connectivity index is 5.74. The molecule has 0 bridgehead atoms. The molecule has 0 aliphatic rings. The summed E-state index contributed by atoms with van der Waals surface area (Å²) in [5.74, 6) is -1.49. The van der Waals surface area contributed by atoms with Gasteiger partial charge in [-0.3, -0.25) is 0 Å². The topological polar surface area (TPSA) is 63.6 Å². The number of carbonyl (C=O) groups excluding carboxylic acids is 1. The zero-order valence-corrected chi connectivity index (χ0v) is 16.8. The van der Waals surface area contributed by atoms with E-state index >= 15 is 0 Å². The van der Waals surface area contributed by atoms with Gasteiger partial charge < -0.3 is 9.84 Å². The molecule has 0 unspecified atom stereocenters. The first-order valence-corrected chi connectivity index (χ1v) is 11.0. The quantitative estimate of drug-likeness (QED) is 0.264. The van der Waals surface area contributed by atoms with Gasteiger partial charge in [0, 0.05) is 11.3 Å². The van der Waals surface area contributed by atoms with E-state index in [1.165, 1.54) is 0 Å². The molecule has 0 rings (SSSR count). The SMILES string of the molecule is CCCCCOC(=O)/C(=C/C(=O)O)[Si](C(C)C)(C(C)C)C(C)C. The maximum Gasteiger partial charge on any atom is 0.330 e. The first-order chi connectivity index (χ1) is 10.6. The molecule has 0 aliphatic heterocycles. The van der Waals surface area contributed by atoms with Crippen LogP contribution in [-0.4, -0.2) is 31.7 Å². The summed E-state index contributed by atoms with van der Waals surface area (Å²) in [5.41, 5.74) is 0.781. The first-order valence-electron chi connectivity index (χ1n) is 8.74. The molecule has 0 aromatic rings. The summed E-state index contributed by atoms with van der Waals surface area (Å²) in [7, 11) is -2.35. The van der Waals surface area contributed by atoms with E-state index in [2.05, 4.69) is 48.5 Å². The fraction of sp³-hybridized carbons (Fsp3) is 0.778. The second-order valence-electron chi connectivity index (χ2n) is 7.14. The Kier molecular flexibility index (Phi) is 9.43. The van der Waals surface area contributed by atoms with Crippen LogP contribution >= 0.6 is 0 Å². The monoisotopic (exact) mass is 342 g/mol. The maximum absolute atomic E-state index is 12.7. The van der Waals surface area contributed by atoms with E-state index < -0.39 is 20.0 Å². The van der Waals surface area contributed by atoms with Crippen LogP contribution in [0, 0.1) is 0 Å². The lowest BCUT2D eigenvalue weighted by Crippen LogP contribution is -2.49. The van der Waals surface area contributed by atoms with Gasteiger partial charge >= 0.3 is 11.9 Å². The van der Waals surface area contributed by atoms with Crippen molar-refractivity contribution in [3.63, 3.8) is 0 Å². The molecular formula is C18H34O4Si. The molecule has 0 saturated carbocycles. The molecule has 0 atom stereocenters. The number of aliphatic carboxylic acids is 1. The highest BCUT2D eigenvalue weighted by molar-refractivity contribution is 6.93. The van der Waals surface area contributed by atoms with Crippen molar-refractivity contribution in [3.8, 4) is 0 Å². The van der Waals surface area contributed by atoms with E-state index in [0.717, 1.165) is 25.3 Å². The van der Waals surface area contributed by atoms with Gasteiger partial charge in [0.05, 0.1) is 6.61 Å². The van der Waals surface area contributed by atoms with Crippen molar-refractivity contribution >= 4 is 20.0 Å². The molecule has 1 N–H and O–H groups in total. The molecule has 0 aliphatic carbocycles. The van der Waals surface area contributed by atoms with Crippen molar-refractivity contribution in [3.05, 3.63) is 11.3 Å². The number of esters is 1. The average Bonchev–Trinajstić information content (AvgIpc) is 2.41. The summed E-state index contributed by atoms with van der Waals surface area (Å²) in [6.07, 6.45) is 4.00. The van der Waals surface area contributed by atoms with E-state index in [4.69, 9.17) is 4.74 Å². The molecule has 5 heteroatoms. The van der Waals surface area contributed by atoms with Crippen LogP contribution in [0.4, 0.5) is 0 Å².